The Balaban J connectivity index is 1.27. The molecule has 51 heavy (non-hydrogen) atoms. The van der Waals surface area contributed by atoms with Crippen LogP contribution in [0, 0.1) is 11.3 Å². The monoisotopic (exact) mass is 648 g/mol. The molecular weight excluding hydrogens is 621 g/mol. The Labute approximate surface area is 294 Å². The second-order valence-electron chi connectivity index (χ2n) is 12.9. The van der Waals surface area contributed by atoms with Crippen molar-refractivity contribution in [3.8, 4) is 45.7 Å². The fourth-order valence-electron chi connectivity index (χ4n) is 7.61. The van der Waals surface area contributed by atoms with Crippen molar-refractivity contribution in [1.82, 2.24) is 14.5 Å². The molecule has 10 rings (SSSR count). The Bertz CT molecular complexity index is 3010. The molecule has 0 saturated carbocycles. The third-order valence-corrected chi connectivity index (χ3v) is 10.0. The van der Waals surface area contributed by atoms with E-state index < -0.39 is 0 Å². The highest BCUT2D eigenvalue weighted by Crippen LogP contribution is 2.42. The summed E-state index contributed by atoms with van der Waals surface area (Å²) in [4.78, 5) is 10.1. The van der Waals surface area contributed by atoms with Gasteiger partial charge in [-0.15, -0.1) is 0 Å². The first-order chi connectivity index (χ1) is 25.2. The molecule has 0 amide bonds. The number of fused-ring (bicyclic) bond motifs is 9. The summed E-state index contributed by atoms with van der Waals surface area (Å²) in [6.45, 7) is 0. The number of rotatable bonds is 4. The lowest BCUT2D eigenvalue weighted by Gasteiger charge is -2.12. The fraction of sp³-hybridized carbons (Fsp3) is 0. The quantitative estimate of drug-likeness (QED) is 0.178. The van der Waals surface area contributed by atoms with Gasteiger partial charge < -0.3 is 4.57 Å². The van der Waals surface area contributed by atoms with Gasteiger partial charge in [0.1, 0.15) is 0 Å². The number of hydrogen-bond donors (Lipinski definition) is 0. The molecule has 0 N–H and O–H groups in total. The Hall–Kier alpha value is -7.09. The fourth-order valence-corrected chi connectivity index (χ4v) is 7.61. The van der Waals surface area contributed by atoms with Crippen molar-refractivity contribution in [2.24, 2.45) is 0 Å². The molecule has 236 valence electrons. The van der Waals surface area contributed by atoms with E-state index in [-0.39, 0.29) is 0 Å². The lowest BCUT2D eigenvalue weighted by Crippen LogP contribution is -1.96. The summed E-state index contributed by atoms with van der Waals surface area (Å²) in [6.07, 6.45) is 0. The van der Waals surface area contributed by atoms with Crippen molar-refractivity contribution in [2.75, 3.05) is 0 Å². The number of nitriles is 1. The van der Waals surface area contributed by atoms with Crippen molar-refractivity contribution in [3.63, 3.8) is 0 Å². The van der Waals surface area contributed by atoms with Crippen LogP contribution < -0.4 is 0 Å². The molecule has 4 nitrogen and oxygen atoms in total. The van der Waals surface area contributed by atoms with Crippen molar-refractivity contribution in [2.45, 2.75) is 0 Å². The van der Waals surface area contributed by atoms with Gasteiger partial charge >= 0.3 is 0 Å². The Morgan fingerprint density at radius 3 is 1.57 bits per heavy atom. The van der Waals surface area contributed by atoms with Crippen molar-refractivity contribution >= 4 is 54.1 Å². The minimum atomic E-state index is 0.603. The van der Waals surface area contributed by atoms with E-state index in [1.807, 2.05) is 42.5 Å². The van der Waals surface area contributed by atoms with Crippen LogP contribution in [0.5, 0.6) is 0 Å². The molecule has 8 aromatic carbocycles. The number of para-hydroxylation sites is 1. The van der Waals surface area contributed by atoms with Crippen LogP contribution in [0.4, 0.5) is 0 Å². The molecule has 0 fully saturated rings. The predicted molar refractivity (Wildman–Crippen MR) is 210 cm³/mol. The molecule has 0 aliphatic carbocycles. The maximum absolute atomic E-state index is 9.40. The van der Waals surface area contributed by atoms with E-state index in [1.165, 1.54) is 37.7 Å². The van der Waals surface area contributed by atoms with Gasteiger partial charge in [0.2, 0.25) is 0 Å². The smallest absolute Gasteiger partial charge is 0.160 e. The first kappa shape index (κ1) is 28.9. The van der Waals surface area contributed by atoms with E-state index in [2.05, 4.69) is 138 Å². The molecular formula is C47H28N4. The maximum Gasteiger partial charge on any atom is 0.160 e. The molecule has 2 heterocycles. The molecule has 0 atom stereocenters. The van der Waals surface area contributed by atoms with E-state index in [9.17, 15) is 5.26 Å². The Morgan fingerprint density at radius 1 is 0.392 bits per heavy atom. The number of aromatic nitrogens is 3. The van der Waals surface area contributed by atoms with Crippen LogP contribution in [0.3, 0.4) is 0 Å². The molecule has 0 saturated heterocycles. The normalized spacial score (nSPS) is 11.5. The summed E-state index contributed by atoms with van der Waals surface area (Å²) < 4.78 is 2.38. The number of benzene rings is 8. The van der Waals surface area contributed by atoms with Gasteiger partial charge in [-0.1, -0.05) is 103 Å². The predicted octanol–water partition coefficient (Wildman–Crippen LogP) is 11.9. The van der Waals surface area contributed by atoms with E-state index in [4.69, 9.17) is 9.97 Å². The highest BCUT2D eigenvalue weighted by atomic mass is 15.0. The van der Waals surface area contributed by atoms with Gasteiger partial charge in [0.15, 0.2) is 5.82 Å². The second-order valence-corrected chi connectivity index (χ2v) is 12.9. The van der Waals surface area contributed by atoms with Crippen LogP contribution >= 0.6 is 0 Å². The van der Waals surface area contributed by atoms with Gasteiger partial charge in [-0.25, -0.2) is 9.97 Å². The summed E-state index contributed by atoms with van der Waals surface area (Å²) in [7, 11) is 0. The molecule has 0 bridgehead atoms. The average Bonchev–Trinajstić information content (AvgIpc) is 3.53. The molecule has 0 spiro atoms. The van der Waals surface area contributed by atoms with Gasteiger partial charge in [-0.05, 0) is 99.0 Å². The van der Waals surface area contributed by atoms with Crippen LogP contribution in [-0.4, -0.2) is 14.5 Å². The summed E-state index contributed by atoms with van der Waals surface area (Å²) >= 11 is 0. The molecule has 0 aliphatic heterocycles. The van der Waals surface area contributed by atoms with E-state index in [0.717, 1.165) is 50.2 Å². The third-order valence-electron chi connectivity index (χ3n) is 10.0. The zero-order valence-corrected chi connectivity index (χ0v) is 27.5. The highest BCUT2D eigenvalue weighted by Gasteiger charge is 2.18. The van der Waals surface area contributed by atoms with E-state index in [1.54, 1.807) is 0 Å². The zero-order chi connectivity index (χ0) is 33.9. The first-order valence-electron chi connectivity index (χ1n) is 17.1. The Morgan fingerprint density at radius 2 is 0.922 bits per heavy atom. The molecule has 10 aromatic rings. The van der Waals surface area contributed by atoms with Gasteiger partial charge in [0, 0.05) is 33.2 Å². The Kier molecular flexibility index (Phi) is 6.52. The summed E-state index contributed by atoms with van der Waals surface area (Å²) in [6, 6.07) is 61.5. The summed E-state index contributed by atoms with van der Waals surface area (Å²) in [5, 5.41) is 19.3. The van der Waals surface area contributed by atoms with Gasteiger partial charge in [0.05, 0.1) is 34.1 Å². The van der Waals surface area contributed by atoms with E-state index in [0.29, 0.717) is 11.4 Å². The van der Waals surface area contributed by atoms with Crippen molar-refractivity contribution < 1.29 is 0 Å². The highest BCUT2D eigenvalue weighted by molar-refractivity contribution is 6.28. The minimum Gasteiger partial charge on any atom is -0.309 e. The van der Waals surface area contributed by atoms with Crippen molar-refractivity contribution in [1.29, 1.82) is 5.26 Å². The summed E-state index contributed by atoms with van der Waals surface area (Å²) in [5.41, 5.74) is 8.58. The summed E-state index contributed by atoms with van der Waals surface area (Å²) in [5.74, 6) is 0.618. The largest absolute Gasteiger partial charge is 0.309 e. The van der Waals surface area contributed by atoms with Crippen LogP contribution in [-0.2, 0) is 0 Å². The van der Waals surface area contributed by atoms with Gasteiger partial charge in [-0.3, -0.25) is 0 Å². The SMILES string of the molecule is N#Cc1ccc(-c2nc(-c3ccccc3)cc(-c3ccc4c(c3)c3cc5c6ccccc6c6ccccc6c5cc3n4-c3ccccc3)n2)cc1. The van der Waals surface area contributed by atoms with Crippen LogP contribution in [0.2, 0.25) is 0 Å². The van der Waals surface area contributed by atoms with Gasteiger partial charge in [-0.2, -0.15) is 5.26 Å². The minimum absolute atomic E-state index is 0.603. The number of hydrogen-bond acceptors (Lipinski definition) is 3. The second kappa shape index (κ2) is 11.5. The standard InChI is InChI=1S/C47H28N4/c48-29-30-19-21-32(22-20-30)47-49-43(31-11-3-1-4-12-31)28-44(50-47)33-23-24-45-41(25-33)42-26-39-37-17-9-7-15-35(37)36-16-8-10-18-38(36)40(39)27-46(42)51(45)34-13-5-2-6-14-34/h1-28H. The molecule has 0 radical (unpaired) electrons. The van der Waals surface area contributed by atoms with E-state index >= 15 is 0 Å². The zero-order valence-electron chi connectivity index (χ0n) is 27.5. The molecule has 0 unspecified atom stereocenters. The third kappa shape index (κ3) is 4.68. The lowest BCUT2D eigenvalue weighted by atomic mass is 9.93. The lowest BCUT2D eigenvalue weighted by molar-refractivity contribution is 1.18. The average molecular weight is 649 g/mol. The first-order valence-corrected chi connectivity index (χ1v) is 17.1. The van der Waals surface area contributed by atoms with Crippen LogP contribution in [0.1, 0.15) is 5.56 Å². The topological polar surface area (TPSA) is 54.5 Å². The van der Waals surface area contributed by atoms with Crippen LogP contribution in [0.25, 0.3) is 93.7 Å². The molecule has 0 aliphatic rings. The maximum atomic E-state index is 9.40. The molecule has 4 heteroatoms. The number of nitrogens with zero attached hydrogens (tertiary/aromatic N) is 4. The van der Waals surface area contributed by atoms with Crippen molar-refractivity contribution in [3.05, 3.63) is 175 Å². The van der Waals surface area contributed by atoms with Crippen LogP contribution in [0.15, 0.2) is 170 Å². The molecule has 2 aromatic heterocycles. The van der Waals surface area contributed by atoms with Gasteiger partial charge in [0.25, 0.3) is 0 Å².